The van der Waals surface area contributed by atoms with Gasteiger partial charge in [-0.25, -0.2) is 8.42 Å². The zero-order chi connectivity index (χ0) is 35.0. The predicted octanol–water partition coefficient (Wildman–Crippen LogP) is 7.70. The van der Waals surface area contributed by atoms with Crippen LogP contribution in [0.3, 0.4) is 0 Å². The minimum absolute atomic E-state index is 0.00393. The van der Waals surface area contributed by atoms with Gasteiger partial charge in [-0.2, -0.15) is 0 Å². The van der Waals surface area contributed by atoms with Gasteiger partial charge >= 0.3 is 0 Å². The molecule has 1 N–H and O–H groups in total. The highest BCUT2D eigenvalue weighted by Crippen LogP contribution is 2.31. The first kappa shape index (κ1) is 36.4. The Bertz CT molecular complexity index is 1850. The lowest BCUT2D eigenvalue weighted by molar-refractivity contribution is -0.140. The van der Waals surface area contributed by atoms with Crippen molar-refractivity contribution >= 4 is 55.1 Å². The van der Waals surface area contributed by atoms with Crippen LogP contribution in [0.15, 0.2) is 106 Å². The van der Waals surface area contributed by atoms with E-state index in [0.717, 1.165) is 47.5 Å². The number of hydrogen-bond acceptors (Lipinski definition) is 5. The summed E-state index contributed by atoms with van der Waals surface area (Å²) in [5.41, 5.74) is 2.76. The molecule has 1 saturated carbocycles. The normalized spacial score (nSPS) is 14.1. The lowest BCUT2D eigenvalue weighted by Crippen LogP contribution is -2.55. The number of nitrogens with one attached hydrogen (secondary N) is 1. The lowest BCUT2D eigenvalue weighted by atomic mass is 9.94. The third-order valence-electron chi connectivity index (χ3n) is 8.83. The predicted molar refractivity (Wildman–Crippen MR) is 197 cm³/mol. The van der Waals surface area contributed by atoms with Gasteiger partial charge < -0.3 is 15.0 Å². The molecule has 0 heterocycles. The highest BCUT2D eigenvalue weighted by atomic mass is 79.9. The summed E-state index contributed by atoms with van der Waals surface area (Å²) in [6, 6.07) is 27.2. The molecule has 1 fully saturated rings. The third-order valence-corrected chi connectivity index (χ3v) is 11.6. The highest BCUT2D eigenvalue weighted by Gasteiger charge is 2.36. The van der Waals surface area contributed by atoms with Crippen molar-refractivity contribution in [3.8, 4) is 5.75 Å². The standard InChI is InChI=1S/C38H41BrClN3O5S/c1-27-17-19-31(20-18-27)43(49(46,47)32-21-22-36(48-2)33(39)24-32)26-37(44)42(25-29-13-9-10-16-34(29)40)35(23-28-11-5-3-6-12-28)38(45)41-30-14-7-4-8-15-30/h3,5-6,9-13,16-22,24,30,35H,4,7-8,14-15,23,25-26H2,1-2H3,(H,41,45). The van der Waals surface area contributed by atoms with E-state index >= 15 is 0 Å². The first-order valence-electron chi connectivity index (χ1n) is 16.4. The largest absolute Gasteiger partial charge is 0.496 e. The summed E-state index contributed by atoms with van der Waals surface area (Å²) in [6.45, 7) is 1.35. The fourth-order valence-electron chi connectivity index (χ4n) is 6.08. The van der Waals surface area contributed by atoms with Crippen molar-refractivity contribution in [2.45, 2.75) is 69.0 Å². The maximum Gasteiger partial charge on any atom is 0.264 e. The molecule has 258 valence electrons. The number of sulfonamides is 1. The molecule has 1 aliphatic carbocycles. The quantitative estimate of drug-likeness (QED) is 0.151. The van der Waals surface area contributed by atoms with Crippen molar-refractivity contribution in [1.29, 1.82) is 0 Å². The molecule has 0 bridgehead atoms. The number of carbonyl (C=O) groups excluding carboxylic acids is 2. The van der Waals surface area contributed by atoms with Gasteiger partial charge in [0, 0.05) is 24.0 Å². The van der Waals surface area contributed by atoms with Crippen molar-refractivity contribution in [2.75, 3.05) is 18.0 Å². The van der Waals surface area contributed by atoms with Gasteiger partial charge in [0.25, 0.3) is 10.0 Å². The number of halogens is 2. The monoisotopic (exact) mass is 765 g/mol. The van der Waals surface area contributed by atoms with Crippen LogP contribution in [0.2, 0.25) is 5.02 Å². The van der Waals surface area contributed by atoms with Gasteiger partial charge in [-0.15, -0.1) is 0 Å². The van der Waals surface area contributed by atoms with Gasteiger partial charge in [-0.1, -0.05) is 97.1 Å². The third kappa shape index (κ3) is 9.23. The van der Waals surface area contributed by atoms with Gasteiger partial charge in [0.1, 0.15) is 18.3 Å². The molecule has 4 aromatic rings. The van der Waals surface area contributed by atoms with Crippen LogP contribution >= 0.6 is 27.5 Å². The summed E-state index contributed by atoms with van der Waals surface area (Å²) in [6.07, 6.45) is 5.17. The van der Waals surface area contributed by atoms with Crippen molar-refractivity contribution in [2.24, 2.45) is 0 Å². The van der Waals surface area contributed by atoms with E-state index in [4.69, 9.17) is 16.3 Å². The van der Waals surface area contributed by atoms with Gasteiger partial charge in [0.15, 0.2) is 0 Å². The number of anilines is 1. The number of aryl methyl sites for hydroxylation is 1. The highest BCUT2D eigenvalue weighted by molar-refractivity contribution is 9.10. The van der Waals surface area contributed by atoms with E-state index in [0.29, 0.717) is 26.5 Å². The molecule has 0 saturated heterocycles. The molecule has 4 aromatic carbocycles. The number of amides is 2. The van der Waals surface area contributed by atoms with Crippen LogP contribution in [-0.2, 0) is 32.6 Å². The van der Waals surface area contributed by atoms with E-state index < -0.39 is 28.5 Å². The van der Waals surface area contributed by atoms with Gasteiger partial charge in [-0.3, -0.25) is 13.9 Å². The second-order valence-electron chi connectivity index (χ2n) is 12.3. The smallest absolute Gasteiger partial charge is 0.264 e. The topological polar surface area (TPSA) is 96.0 Å². The number of benzene rings is 4. The Morgan fingerprint density at radius 2 is 1.61 bits per heavy atom. The van der Waals surface area contributed by atoms with Gasteiger partial charge in [0.05, 0.1) is 22.2 Å². The van der Waals surface area contributed by atoms with Crippen molar-refractivity contribution in [3.05, 3.63) is 123 Å². The molecule has 5 rings (SSSR count). The Morgan fingerprint density at radius 3 is 2.27 bits per heavy atom. The Kier molecular flexibility index (Phi) is 12.4. The first-order valence-corrected chi connectivity index (χ1v) is 19.0. The van der Waals surface area contributed by atoms with E-state index in [2.05, 4.69) is 21.2 Å². The molecule has 1 atom stereocenters. The summed E-state index contributed by atoms with van der Waals surface area (Å²) < 4.78 is 35.7. The number of carbonyl (C=O) groups is 2. The number of methoxy groups -OCH3 is 1. The second-order valence-corrected chi connectivity index (χ2v) is 15.4. The molecule has 8 nitrogen and oxygen atoms in total. The molecule has 0 radical (unpaired) electrons. The van der Waals surface area contributed by atoms with Crippen molar-refractivity contribution < 1.29 is 22.7 Å². The Hall–Kier alpha value is -3.86. The zero-order valence-corrected chi connectivity index (χ0v) is 30.8. The van der Waals surface area contributed by atoms with Crippen LogP contribution in [0.25, 0.3) is 0 Å². The van der Waals surface area contributed by atoms with Crippen LogP contribution in [0.1, 0.15) is 48.8 Å². The summed E-state index contributed by atoms with van der Waals surface area (Å²) in [5.74, 6) is -0.355. The summed E-state index contributed by atoms with van der Waals surface area (Å²) >= 11 is 10.0. The molecule has 2 amide bonds. The molecule has 0 aromatic heterocycles. The van der Waals surface area contributed by atoms with E-state index in [9.17, 15) is 18.0 Å². The van der Waals surface area contributed by atoms with E-state index in [1.807, 2.05) is 49.4 Å². The van der Waals surface area contributed by atoms with Gasteiger partial charge in [-0.05, 0) is 83.2 Å². The summed E-state index contributed by atoms with van der Waals surface area (Å²) in [4.78, 5) is 30.5. The fourth-order valence-corrected chi connectivity index (χ4v) is 8.41. The minimum Gasteiger partial charge on any atom is -0.496 e. The number of ether oxygens (including phenoxy) is 1. The summed E-state index contributed by atoms with van der Waals surface area (Å²) in [7, 11) is -2.78. The van der Waals surface area contributed by atoms with E-state index in [1.54, 1.807) is 42.5 Å². The molecule has 0 spiro atoms. The Balaban J connectivity index is 1.58. The van der Waals surface area contributed by atoms with Crippen LogP contribution in [-0.4, -0.2) is 50.9 Å². The molecule has 1 unspecified atom stereocenters. The SMILES string of the molecule is COc1ccc(S(=O)(=O)N(CC(=O)N(Cc2ccccc2Cl)C(Cc2ccccc2)C(=O)NC2CCCCC2)c2ccc(C)cc2)cc1Br. The first-order chi connectivity index (χ1) is 23.6. The van der Waals surface area contributed by atoms with Crippen LogP contribution in [0, 0.1) is 6.92 Å². The van der Waals surface area contributed by atoms with Crippen molar-refractivity contribution in [3.63, 3.8) is 0 Å². The van der Waals surface area contributed by atoms with Crippen LogP contribution in [0.4, 0.5) is 5.69 Å². The molecule has 1 aliphatic rings. The lowest BCUT2D eigenvalue weighted by Gasteiger charge is -2.35. The number of hydrogen-bond donors (Lipinski definition) is 1. The molecular weight excluding hydrogens is 726 g/mol. The second kappa shape index (κ2) is 16.7. The summed E-state index contributed by atoms with van der Waals surface area (Å²) in [5, 5.41) is 3.67. The van der Waals surface area contributed by atoms with E-state index in [1.165, 1.54) is 24.1 Å². The number of nitrogens with zero attached hydrogens (tertiary/aromatic N) is 2. The molecule has 49 heavy (non-hydrogen) atoms. The maximum atomic E-state index is 14.8. The average Bonchev–Trinajstić information content (AvgIpc) is 3.10. The van der Waals surface area contributed by atoms with Crippen LogP contribution < -0.4 is 14.4 Å². The van der Waals surface area contributed by atoms with Crippen LogP contribution in [0.5, 0.6) is 5.75 Å². The Morgan fingerprint density at radius 1 is 0.939 bits per heavy atom. The Labute approximate surface area is 302 Å². The zero-order valence-electron chi connectivity index (χ0n) is 27.6. The maximum absolute atomic E-state index is 14.8. The molecule has 0 aliphatic heterocycles. The van der Waals surface area contributed by atoms with Crippen molar-refractivity contribution in [1.82, 2.24) is 10.2 Å². The van der Waals surface area contributed by atoms with Gasteiger partial charge in [0.2, 0.25) is 11.8 Å². The fraction of sp³-hybridized carbons (Fsp3) is 0.316. The minimum atomic E-state index is -4.28. The number of rotatable bonds is 13. The van der Waals surface area contributed by atoms with E-state index in [-0.39, 0.29) is 29.8 Å². The molecule has 11 heteroatoms. The average molecular weight is 767 g/mol. The molecular formula is C38H41BrClN3O5S.